The van der Waals surface area contributed by atoms with Gasteiger partial charge < -0.3 is 10.1 Å². The molecule has 1 amide bonds. The Hall–Kier alpha value is -3.70. The minimum atomic E-state index is -0.719. The number of carbonyl (C=O) groups is 1. The number of pyridine rings is 1. The predicted octanol–water partition coefficient (Wildman–Crippen LogP) is 3.34. The smallest absolute Gasteiger partial charge is 0.229 e. The van der Waals surface area contributed by atoms with Gasteiger partial charge in [0.15, 0.2) is 17.3 Å². The minimum Gasteiger partial charge on any atom is -0.376 e. The molecule has 30 heavy (non-hydrogen) atoms. The van der Waals surface area contributed by atoms with Crippen molar-refractivity contribution in [3.8, 4) is 17.3 Å². The van der Waals surface area contributed by atoms with Gasteiger partial charge >= 0.3 is 0 Å². The average molecular weight is 403 g/mol. The number of ether oxygens (including phenoxy) is 1. The van der Waals surface area contributed by atoms with Crippen molar-refractivity contribution >= 4 is 11.7 Å². The van der Waals surface area contributed by atoms with Crippen molar-refractivity contribution in [2.24, 2.45) is 11.8 Å². The fourth-order valence-electron chi connectivity index (χ4n) is 3.08. The number of nitrogens with zero attached hydrogens (tertiary/aromatic N) is 4. The van der Waals surface area contributed by atoms with Crippen LogP contribution >= 0.6 is 0 Å². The standard InChI is InChI=1S/C22H18FN5O2/c23-18-7-15(9-25-19(18)8-24)20-10-27-21(11-26-20)28-22(29)17-6-16(17)13-30-12-14-4-2-1-3-5-14/h1-5,7,9-11,16-17H,6,12-13H2,(H,27,28,29). The van der Waals surface area contributed by atoms with Gasteiger partial charge in [-0.3, -0.25) is 9.78 Å². The molecule has 0 spiro atoms. The fraction of sp³-hybridized carbons (Fsp3) is 0.227. The van der Waals surface area contributed by atoms with E-state index in [4.69, 9.17) is 10.00 Å². The lowest BCUT2D eigenvalue weighted by Crippen LogP contribution is -2.17. The predicted molar refractivity (Wildman–Crippen MR) is 106 cm³/mol. The molecule has 2 aromatic heterocycles. The summed E-state index contributed by atoms with van der Waals surface area (Å²) in [7, 11) is 0. The molecule has 0 saturated heterocycles. The van der Waals surface area contributed by atoms with Gasteiger partial charge in [-0.15, -0.1) is 0 Å². The average Bonchev–Trinajstić information content (AvgIpc) is 3.55. The largest absolute Gasteiger partial charge is 0.376 e. The van der Waals surface area contributed by atoms with E-state index in [-0.39, 0.29) is 23.4 Å². The Bertz CT molecular complexity index is 1080. The number of aromatic nitrogens is 3. The molecule has 1 saturated carbocycles. The monoisotopic (exact) mass is 403 g/mol. The maximum Gasteiger partial charge on any atom is 0.229 e. The number of carbonyl (C=O) groups excluding carboxylic acids is 1. The lowest BCUT2D eigenvalue weighted by Gasteiger charge is -2.06. The summed E-state index contributed by atoms with van der Waals surface area (Å²) in [6, 6.07) is 12.7. The first-order chi connectivity index (χ1) is 14.6. The van der Waals surface area contributed by atoms with E-state index in [1.165, 1.54) is 24.7 Å². The third-order valence-corrected chi connectivity index (χ3v) is 4.85. The normalized spacial score (nSPS) is 17.2. The summed E-state index contributed by atoms with van der Waals surface area (Å²) in [5, 5.41) is 11.5. The lowest BCUT2D eigenvalue weighted by atomic mass is 10.2. The summed E-state index contributed by atoms with van der Waals surface area (Å²) in [6.45, 7) is 1.07. The van der Waals surface area contributed by atoms with E-state index in [0.717, 1.165) is 12.0 Å². The highest BCUT2D eigenvalue weighted by atomic mass is 19.1. The fourth-order valence-corrected chi connectivity index (χ4v) is 3.08. The molecule has 0 aliphatic heterocycles. The molecule has 7 nitrogen and oxygen atoms in total. The van der Waals surface area contributed by atoms with Crippen LogP contribution in [0.3, 0.4) is 0 Å². The third-order valence-electron chi connectivity index (χ3n) is 4.85. The maximum absolute atomic E-state index is 13.7. The van der Waals surface area contributed by atoms with Crippen molar-refractivity contribution in [2.45, 2.75) is 13.0 Å². The molecule has 150 valence electrons. The van der Waals surface area contributed by atoms with Crippen molar-refractivity contribution in [3.05, 3.63) is 72.1 Å². The molecule has 0 bridgehead atoms. The van der Waals surface area contributed by atoms with E-state index in [1.807, 2.05) is 30.3 Å². The molecular formula is C22H18FN5O2. The first-order valence-corrected chi connectivity index (χ1v) is 9.44. The Kier molecular flexibility index (Phi) is 5.72. The topological polar surface area (TPSA) is 101 Å². The SMILES string of the molecule is N#Cc1ncc(-c2cnc(NC(=O)C3CC3COCc3ccccc3)cn2)cc1F. The lowest BCUT2D eigenvalue weighted by molar-refractivity contribution is -0.117. The van der Waals surface area contributed by atoms with Crippen LogP contribution in [0.5, 0.6) is 0 Å². The van der Waals surface area contributed by atoms with Crippen LogP contribution in [0.4, 0.5) is 10.2 Å². The Morgan fingerprint density at radius 3 is 2.73 bits per heavy atom. The Morgan fingerprint density at radius 1 is 1.20 bits per heavy atom. The van der Waals surface area contributed by atoms with Crippen LogP contribution in [0.2, 0.25) is 0 Å². The summed E-state index contributed by atoms with van der Waals surface area (Å²) < 4.78 is 19.4. The number of halogens is 1. The minimum absolute atomic E-state index is 0.0981. The number of hydrogen-bond donors (Lipinski definition) is 1. The van der Waals surface area contributed by atoms with Crippen LogP contribution in [0.25, 0.3) is 11.3 Å². The van der Waals surface area contributed by atoms with Crippen LogP contribution in [0.1, 0.15) is 17.7 Å². The second-order valence-corrected chi connectivity index (χ2v) is 7.05. The van der Waals surface area contributed by atoms with Gasteiger partial charge in [-0.1, -0.05) is 30.3 Å². The Morgan fingerprint density at radius 2 is 2.03 bits per heavy atom. The quantitative estimate of drug-likeness (QED) is 0.649. The third kappa shape index (κ3) is 4.64. The molecule has 3 aromatic rings. The van der Waals surface area contributed by atoms with E-state index in [1.54, 1.807) is 6.07 Å². The molecule has 1 aliphatic rings. The molecule has 0 radical (unpaired) electrons. The Labute approximate surface area is 172 Å². The van der Waals surface area contributed by atoms with Gasteiger partial charge in [0, 0.05) is 17.7 Å². The van der Waals surface area contributed by atoms with Crippen LogP contribution in [-0.2, 0) is 16.1 Å². The first-order valence-electron chi connectivity index (χ1n) is 9.44. The zero-order chi connectivity index (χ0) is 20.9. The van der Waals surface area contributed by atoms with Crippen molar-refractivity contribution in [1.29, 1.82) is 5.26 Å². The first kappa shape index (κ1) is 19.6. The van der Waals surface area contributed by atoms with Crippen molar-refractivity contribution in [3.63, 3.8) is 0 Å². The molecule has 1 N–H and O–H groups in total. The van der Waals surface area contributed by atoms with Crippen LogP contribution in [0.15, 0.2) is 55.0 Å². The zero-order valence-corrected chi connectivity index (χ0v) is 16.0. The highest BCUT2D eigenvalue weighted by Crippen LogP contribution is 2.39. The number of anilines is 1. The van der Waals surface area contributed by atoms with Gasteiger partial charge in [0.1, 0.15) is 6.07 Å². The summed E-state index contributed by atoms with van der Waals surface area (Å²) >= 11 is 0. The van der Waals surface area contributed by atoms with Crippen molar-refractivity contribution < 1.29 is 13.9 Å². The van der Waals surface area contributed by atoms with Gasteiger partial charge in [-0.25, -0.2) is 14.4 Å². The van der Waals surface area contributed by atoms with E-state index in [2.05, 4.69) is 20.3 Å². The molecule has 2 atom stereocenters. The van der Waals surface area contributed by atoms with E-state index in [0.29, 0.717) is 30.3 Å². The summed E-state index contributed by atoms with van der Waals surface area (Å²) in [6.07, 6.45) is 4.97. The number of hydrogen-bond acceptors (Lipinski definition) is 6. The summed E-state index contributed by atoms with van der Waals surface area (Å²) in [4.78, 5) is 24.5. The van der Waals surface area contributed by atoms with Crippen LogP contribution in [0, 0.1) is 29.0 Å². The second-order valence-electron chi connectivity index (χ2n) is 7.05. The number of benzene rings is 1. The van der Waals surface area contributed by atoms with E-state index in [9.17, 15) is 9.18 Å². The molecule has 2 heterocycles. The zero-order valence-electron chi connectivity index (χ0n) is 16.0. The van der Waals surface area contributed by atoms with Crippen molar-refractivity contribution in [1.82, 2.24) is 15.0 Å². The molecule has 4 rings (SSSR count). The summed E-state index contributed by atoms with van der Waals surface area (Å²) in [5.74, 6) is -0.408. The van der Waals surface area contributed by atoms with Gasteiger partial charge in [-0.05, 0) is 24.0 Å². The molecular weight excluding hydrogens is 385 g/mol. The maximum atomic E-state index is 13.7. The van der Waals surface area contributed by atoms with Gasteiger partial charge in [0.2, 0.25) is 5.91 Å². The molecule has 8 heteroatoms. The second kappa shape index (κ2) is 8.76. The molecule has 2 unspecified atom stereocenters. The number of nitrogens with one attached hydrogen (secondary N) is 1. The van der Waals surface area contributed by atoms with Gasteiger partial charge in [0.25, 0.3) is 0 Å². The Balaban J connectivity index is 1.27. The van der Waals surface area contributed by atoms with Crippen molar-refractivity contribution in [2.75, 3.05) is 11.9 Å². The van der Waals surface area contributed by atoms with Gasteiger partial charge in [0.05, 0.1) is 31.3 Å². The molecule has 1 aromatic carbocycles. The van der Waals surface area contributed by atoms with Gasteiger partial charge in [-0.2, -0.15) is 5.26 Å². The molecule has 1 aliphatic carbocycles. The van der Waals surface area contributed by atoms with Crippen LogP contribution < -0.4 is 5.32 Å². The number of rotatable bonds is 7. The van der Waals surface area contributed by atoms with E-state index < -0.39 is 5.82 Å². The van der Waals surface area contributed by atoms with Crippen LogP contribution in [-0.4, -0.2) is 27.5 Å². The summed E-state index contributed by atoms with van der Waals surface area (Å²) in [5.41, 5.74) is 1.62. The molecule has 1 fully saturated rings. The van der Waals surface area contributed by atoms with E-state index >= 15 is 0 Å². The highest BCUT2D eigenvalue weighted by molar-refractivity contribution is 5.93. The number of amides is 1. The highest BCUT2D eigenvalue weighted by Gasteiger charge is 2.43. The number of nitriles is 1.